The molecule has 0 N–H and O–H groups in total. The molecule has 0 fully saturated rings. The monoisotopic (exact) mass is 421 g/mol. The highest BCUT2D eigenvalue weighted by molar-refractivity contribution is 6.31. The number of Topliss-reactive ketones (excluding diaryl/α,β-unsaturated/α-hetero) is 1. The summed E-state index contributed by atoms with van der Waals surface area (Å²) in [5.41, 5.74) is 2.62. The number of anilines is 1. The van der Waals surface area contributed by atoms with Crippen LogP contribution in [0.25, 0.3) is 0 Å². The predicted octanol–water partition coefficient (Wildman–Crippen LogP) is 5.82. The summed E-state index contributed by atoms with van der Waals surface area (Å²) < 4.78 is 10.8. The molecular weight excluding hydrogens is 402 g/mol. The van der Waals surface area contributed by atoms with E-state index in [-0.39, 0.29) is 18.8 Å². The highest BCUT2D eigenvalue weighted by atomic mass is 35.5. The third kappa shape index (κ3) is 4.02. The molecule has 30 heavy (non-hydrogen) atoms. The molecule has 4 rings (SSSR count). The Kier molecular flexibility index (Phi) is 5.72. The summed E-state index contributed by atoms with van der Waals surface area (Å²) in [4.78, 5) is 27.5. The van der Waals surface area contributed by atoms with Gasteiger partial charge >= 0.3 is 6.09 Å². The van der Waals surface area contributed by atoms with Crippen LogP contribution in [0.4, 0.5) is 10.5 Å². The van der Waals surface area contributed by atoms with E-state index in [1.54, 1.807) is 25.3 Å². The van der Waals surface area contributed by atoms with Gasteiger partial charge in [0.05, 0.1) is 18.8 Å². The lowest BCUT2D eigenvalue weighted by atomic mass is 9.90. The molecule has 0 saturated heterocycles. The molecule has 3 aromatic rings. The van der Waals surface area contributed by atoms with Crippen molar-refractivity contribution < 1.29 is 19.1 Å². The molecule has 0 spiro atoms. The molecule has 0 unspecified atom stereocenters. The van der Waals surface area contributed by atoms with E-state index in [1.165, 1.54) is 4.90 Å². The minimum absolute atomic E-state index is 0.0690. The number of ether oxygens (including phenoxy) is 2. The van der Waals surface area contributed by atoms with Gasteiger partial charge in [-0.2, -0.15) is 0 Å². The van der Waals surface area contributed by atoms with Gasteiger partial charge in [0.2, 0.25) is 0 Å². The number of hydrogen-bond donors (Lipinski definition) is 0. The van der Waals surface area contributed by atoms with E-state index < -0.39 is 12.1 Å². The van der Waals surface area contributed by atoms with Crippen LogP contribution in [0.2, 0.25) is 5.02 Å². The minimum atomic E-state index is -0.518. The van der Waals surface area contributed by atoms with Gasteiger partial charge in [0.1, 0.15) is 12.4 Å². The Morgan fingerprint density at radius 2 is 1.80 bits per heavy atom. The van der Waals surface area contributed by atoms with Crippen LogP contribution in [0.3, 0.4) is 0 Å². The van der Waals surface area contributed by atoms with Crippen molar-refractivity contribution in [2.45, 2.75) is 19.1 Å². The summed E-state index contributed by atoms with van der Waals surface area (Å²) in [6.45, 7) is 0.141. The maximum absolute atomic E-state index is 13.2. The van der Waals surface area contributed by atoms with Crippen LogP contribution in [0, 0.1) is 0 Å². The molecule has 0 saturated carbocycles. The molecule has 3 aromatic carbocycles. The summed E-state index contributed by atoms with van der Waals surface area (Å²) in [5.74, 6) is 0.631. The van der Waals surface area contributed by atoms with Crippen molar-refractivity contribution >= 4 is 29.2 Å². The van der Waals surface area contributed by atoms with Gasteiger partial charge in [-0.15, -0.1) is 0 Å². The zero-order valence-corrected chi connectivity index (χ0v) is 17.1. The number of carbonyl (C=O) groups is 2. The molecule has 1 heterocycles. The fourth-order valence-electron chi connectivity index (χ4n) is 3.59. The normalized spacial score (nSPS) is 15.5. The van der Waals surface area contributed by atoms with Crippen molar-refractivity contribution in [2.75, 3.05) is 12.0 Å². The largest absolute Gasteiger partial charge is 0.497 e. The first-order valence-electron chi connectivity index (χ1n) is 9.53. The Labute approximate surface area is 179 Å². The molecule has 0 bridgehead atoms. The number of benzene rings is 3. The fourth-order valence-corrected chi connectivity index (χ4v) is 3.77. The smallest absolute Gasteiger partial charge is 0.415 e. The average Bonchev–Trinajstić information content (AvgIpc) is 2.78. The number of halogens is 1. The van der Waals surface area contributed by atoms with Crippen molar-refractivity contribution in [1.29, 1.82) is 0 Å². The standard InChI is InChI=1S/C24H20ClNO4/c1-29-19-10-7-17(8-11-19)22-14-23(27)20-13-18(25)9-12-21(20)26(22)24(28)30-15-16-5-3-2-4-6-16/h2-13,22H,14-15H2,1H3/t22-/m0/s1. The topological polar surface area (TPSA) is 55.8 Å². The first-order chi connectivity index (χ1) is 14.6. The number of rotatable bonds is 4. The molecule has 5 nitrogen and oxygen atoms in total. The Morgan fingerprint density at radius 1 is 1.07 bits per heavy atom. The van der Waals surface area contributed by atoms with Gasteiger partial charge in [-0.05, 0) is 41.5 Å². The number of fused-ring (bicyclic) bond motifs is 1. The lowest BCUT2D eigenvalue weighted by Crippen LogP contribution is -2.40. The van der Waals surface area contributed by atoms with Crippen LogP contribution in [0.15, 0.2) is 72.8 Å². The van der Waals surface area contributed by atoms with Crippen LogP contribution < -0.4 is 9.64 Å². The second kappa shape index (κ2) is 8.59. The third-order valence-electron chi connectivity index (χ3n) is 5.11. The van der Waals surface area contributed by atoms with Gasteiger partial charge in [-0.1, -0.05) is 54.1 Å². The highest BCUT2D eigenvalue weighted by Crippen LogP contribution is 2.40. The summed E-state index contributed by atoms with van der Waals surface area (Å²) >= 11 is 6.10. The number of amides is 1. The molecule has 6 heteroatoms. The van der Waals surface area contributed by atoms with Crippen molar-refractivity contribution in [3.05, 3.63) is 94.5 Å². The Hall–Kier alpha value is -3.31. The zero-order valence-electron chi connectivity index (χ0n) is 16.4. The lowest BCUT2D eigenvalue weighted by molar-refractivity contribution is 0.0961. The molecule has 0 radical (unpaired) electrons. The molecule has 152 valence electrons. The second-order valence-electron chi connectivity index (χ2n) is 6.99. The Balaban J connectivity index is 1.69. The maximum atomic E-state index is 13.2. The van der Waals surface area contributed by atoms with Gasteiger partial charge in [0, 0.05) is 17.0 Å². The summed E-state index contributed by atoms with van der Waals surface area (Å²) in [7, 11) is 1.59. The number of nitrogens with zero attached hydrogens (tertiary/aromatic N) is 1. The Bertz CT molecular complexity index is 1070. The van der Waals surface area contributed by atoms with Crippen LogP contribution in [0.1, 0.15) is 33.9 Å². The number of carbonyl (C=O) groups excluding carboxylic acids is 2. The third-order valence-corrected chi connectivity index (χ3v) is 5.35. The molecule has 1 atom stereocenters. The first-order valence-corrected chi connectivity index (χ1v) is 9.91. The lowest BCUT2D eigenvalue weighted by Gasteiger charge is -2.36. The minimum Gasteiger partial charge on any atom is -0.497 e. The van der Waals surface area contributed by atoms with Gasteiger partial charge in [0.15, 0.2) is 5.78 Å². The highest BCUT2D eigenvalue weighted by Gasteiger charge is 2.37. The van der Waals surface area contributed by atoms with E-state index in [1.807, 2.05) is 54.6 Å². The van der Waals surface area contributed by atoms with Gasteiger partial charge in [0.25, 0.3) is 0 Å². The maximum Gasteiger partial charge on any atom is 0.415 e. The van der Waals surface area contributed by atoms with E-state index in [9.17, 15) is 9.59 Å². The predicted molar refractivity (Wildman–Crippen MR) is 115 cm³/mol. The molecule has 0 aromatic heterocycles. The fraction of sp³-hybridized carbons (Fsp3) is 0.167. The van der Waals surface area contributed by atoms with E-state index in [2.05, 4.69) is 0 Å². The van der Waals surface area contributed by atoms with Crippen molar-refractivity contribution in [3.8, 4) is 5.75 Å². The van der Waals surface area contributed by atoms with Crippen LogP contribution >= 0.6 is 11.6 Å². The molecular formula is C24H20ClNO4. The summed E-state index contributed by atoms with van der Waals surface area (Å²) in [5, 5.41) is 0.447. The summed E-state index contributed by atoms with van der Waals surface area (Å²) in [6.07, 6.45) is -0.379. The van der Waals surface area contributed by atoms with E-state index >= 15 is 0 Å². The number of hydrogen-bond acceptors (Lipinski definition) is 4. The molecule has 1 aliphatic heterocycles. The van der Waals surface area contributed by atoms with Crippen LogP contribution in [0.5, 0.6) is 5.75 Å². The Morgan fingerprint density at radius 3 is 2.50 bits per heavy atom. The summed E-state index contributed by atoms with van der Waals surface area (Å²) in [6, 6.07) is 21.3. The van der Waals surface area contributed by atoms with Gasteiger partial charge in [-0.25, -0.2) is 4.79 Å². The zero-order chi connectivity index (χ0) is 21.1. The molecule has 1 amide bonds. The second-order valence-corrected chi connectivity index (χ2v) is 7.42. The van der Waals surface area contributed by atoms with E-state index in [0.717, 1.165) is 11.1 Å². The van der Waals surface area contributed by atoms with E-state index in [0.29, 0.717) is 22.0 Å². The van der Waals surface area contributed by atoms with E-state index in [4.69, 9.17) is 21.1 Å². The van der Waals surface area contributed by atoms with Crippen LogP contribution in [-0.4, -0.2) is 19.0 Å². The van der Waals surface area contributed by atoms with Crippen molar-refractivity contribution in [1.82, 2.24) is 0 Å². The van der Waals surface area contributed by atoms with Crippen molar-refractivity contribution in [3.63, 3.8) is 0 Å². The quantitative estimate of drug-likeness (QED) is 0.532. The first kappa shape index (κ1) is 20.0. The molecule has 1 aliphatic rings. The van der Waals surface area contributed by atoms with Gasteiger partial charge < -0.3 is 9.47 Å². The molecule has 0 aliphatic carbocycles. The van der Waals surface area contributed by atoms with Crippen molar-refractivity contribution in [2.24, 2.45) is 0 Å². The number of methoxy groups -OCH3 is 1. The average molecular weight is 422 g/mol. The van der Waals surface area contributed by atoms with Crippen LogP contribution in [-0.2, 0) is 11.3 Å². The van der Waals surface area contributed by atoms with Gasteiger partial charge in [-0.3, -0.25) is 9.69 Å². The number of ketones is 1. The SMILES string of the molecule is COc1ccc([C@@H]2CC(=O)c3cc(Cl)ccc3N2C(=O)OCc2ccccc2)cc1.